The van der Waals surface area contributed by atoms with Gasteiger partial charge >= 0.3 is 0 Å². The lowest BCUT2D eigenvalue weighted by molar-refractivity contribution is 0.577. The second-order valence-corrected chi connectivity index (χ2v) is 9.24. The Balaban J connectivity index is 2.04. The van der Waals surface area contributed by atoms with Crippen molar-refractivity contribution in [2.45, 2.75) is 65.5 Å². The fourth-order valence-corrected chi connectivity index (χ4v) is 5.08. The number of aliphatic imine (C=N–C) groups is 2. The highest BCUT2D eigenvalue weighted by Gasteiger charge is 2.48. The van der Waals surface area contributed by atoms with Gasteiger partial charge in [-0.25, -0.2) is 0 Å². The molecule has 2 atom stereocenters. The van der Waals surface area contributed by atoms with Crippen LogP contribution < -0.4 is 0 Å². The van der Waals surface area contributed by atoms with Crippen LogP contribution in [-0.4, -0.2) is 34.7 Å². The van der Waals surface area contributed by atoms with Crippen LogP contribution in [0.15, 0.2) is 32.3 Å². The highest BCUT2D eigenvalue weighted by Crippen LogP contribution is 2.53. The summed E-state index contributed by atoms with van der Waals surface area (Å²) in [5.41, 5.74) is 5.95. The van der Waals surface area contributed by atoms with Gasteiger partial charge < -0.3 is 0 Å². The van der Waals surface area contributed by atoms with Gasteiger partial charge in [-0.3, -0.25) is 9.98 Å². The zero-order chi connectivity index (χ0) is 17.4. The van der Waals surface area contributed by atoms with Crippen molar-refractivity contribution in [3.8, 4) is 0 Å². The fourth-order valence-electron chi connectivity index (χ4n) is 3.55. The minimum absolute atomic E-state index is 0.431. The summed E-state index contributed by atoms with van der Waals surface area (Å²) in [5, 5.41) is 2.67. The van der Waals surface area contributed by atoms with Gasteiger partial charge in [0.1, 0.15) is 0 Å². The molecule has 3 aliphatic rings. The summed E-state index contributed by atoms with van der Waals surface area (Å²) in [7, 11) is 0. The third kappa shape index (κ3) is 3.70. The normalized spacial score (nSPS) is 28.1. The van der Waals surface area contributed by atoms with Crippen LogP contribution in [0.1, 0.15) is 53.4 Å². The van der Waals surface area contributed by atoms with E-state index in [9.17, 15) is 0 Å². The molecule has 3 rings (SSSR count). The van der Waals surface area contributed by atoms with E-state index in [4.69, 9.17) is 9.98 Å². The van der Waals surface area contributed by atoms with Crippen LogP contribution in [0.25, 0.3) is 0 Å². The summed E-state index contributed by atoms with van der Waals surface area (Å²) in [6.45, 7) is 9.03. The van der Waals surface area contributed by atoms with E-state index in [0.717, 1.165) is 0 Å². The maximum absolute atomic E-state index is 5.08. The van der Waals surface area contributed by atoms with Crippen molar-refractivity contribution >= 4 is 33.6 Å². The van der Waals surface area contributed by atoms with Gasteiger partial charge in [0.15, 0.2) is 0 Å². The van der Waals surface area contributed by atoms with Crippen LogP contribution in [-0.2, 0) is 0 Å². The minimum Gasteiger partial charge on any atom is -0.279 e. The van der Waals surface area contributed by atoms with Crippen LogP contribution >= 0.6 is 23.5 Å². The first-order chi connectivity index (χ1) is 11.5. The molecule has 0 aromatic heterocycles. The van der Waals surface area contributed by atoms with Gasteiger partial charge in [0, 0.05) is 11.8 Å². The Labute approximate surface area is 155 Å². The van der Waals surface area contributed by atoms with Crippen molar-refractivity contribution < 1.29 is 0 Å². The van der Waals surface area contributed by atoms with Crippen LogP contribution in [0, 0.1) is 11.8 Å². The molecule has 4 heteroatoms. The van der Waals surface area contributed by atoms with E-state index < -0.39 is 0 Å². The van der Waals surface area contributed by atoms with Crippen molar-refractivity contribution in [2.24, 2.45) is 21.8 Å². The average molecular weight is 363 g/mol. The second-order valence-electron chi connectivity index (χ2n) is 7.59. The van der Waals surface area contributed by atoms with Gasteiger partial charge in [0.05, 0.1) is 22.2 Å². The van der Waals surface area contributed by atoms with Crippen LogP contribution in [0.4, 0.5) is 0 Å². The van der Waals surface area contributed by atoms with Crippen molar-refractivity contribution in [3.63, 3.8) is 0 Å². The van der Waals surface area contributed by atoms with E-state index in [1.165, 1.54) is 58.1 Å². The van der Waals surface area contributed by atoms with Gasteiger partial charge in [-0.2, -0.15) is 0 Å². The topological polar surface area (TPSA) is 24.7 Å². The molecule has 0 radical (unpaired) electrons. The molecule has 2 nitrogen and oxygen atoms in total. The maximum atomic E-state index is 5.08. The minimum atomic E-state index is 0.431. The summed E-state index contributed by atoms with van der Waals surface area (Å²) in [6, 6.07) is 1.17. The number of rotatable bonds is 4. The highest BCUT2D eigenvalue weighted by molar-refractivity contribution is 8.14. The molecule has 0 saturated heterocycles. The van der Waals surface area contributed by atoms with Gasteiger partial charge in [-0.1, -0.05) is 11.1 Å². The molecule has 0 bridgehead atoms. The molecule has 0 spiro atoms. The van der Waals surface area contributed by atoms with E-state index in [2.05, 4.69) is 40.2 Å². The first-order valence-electron chi connectivity index (χ1n) is 9.06. The SMILES string of the molecule is CSC(=NC1CC1)C1C(=C(C)C)C(=C(C)C)C1C(=NC1CC1)SC. The third-order valence-corrected chi connectivity index (χ3v) is 6.54. The quantitative estimate of drug-likeness (QED) is 0.469. The Kier molecular flexibility index (Phi) is 5.65. The molecule has 0 aromatic rings. The van der Waals surface area contributed by atoms with Crippen molar-refractivity contribution in [1.82, 2.24) is 0 Å². The summed E-state index contributed by atoms with van der Waals surface area (Å²) < 4.78 is 0. The molecular weight excluding hydrogens is 332 g/mol. The lowest BCUT2D eigenvalue weighted by Crippen LogP contribution is -2.42. The number of thioether (sulfide) groups is 2. The van der Waals surface area contributed by atoms with E-state index in [1.807, 2.05) is 23.5 Å². The maximum Gasteiger partial charge on any atom is 0.0762 e. The van der Waals surface area contributed by atoms with Crippen molar-refractivity contribution in [2.75, 3.05) is 12.5 Å². The number of nitrogens with zero attached hydrogens (tertiary/aromatic N) is 2. The molecule has 24 heavy (non-hydrogen) atoms. The summed E-state index contributed by atoms with van der Waals surface area (Å²) in [6.07, 6.45) is 9.47. The first-order valence-corrected chi connectivity index (χ1v) is 11.5. The Bertz CT molecular complexity index is 570. The van der Waals surface area contributed by atoms with Gasteiger partial charge in [-0.15, -0.1) is 23.5 Å². The molecule has 132 valence electrons. The molecule has 3 aliphatic carbocycles. The Morgan fingerprint density at radius 1 is 0.708 bits per heavy atom. The predicted octanol–water partition coefficient (Wildman–Crippen LogP) is 5.75. The third-order valence-electron chi connectivity index (χ3n) is 4.99. The monoisotopic (exact) mass is 362 g/mol. The van der Waals surface area contributed by atoms with E-state index in [1.54, 1.807) is 0 Å². The average Bonchev–Trinajstić information content (AvgIpc) is 3.38. The Hall–Kier alpha value is -0.480. The predicted molar refractivity (Wildman–Crippen MR) is 112 cm³/mol. The molecule has 0 amide bonds. The van der Waals surface area contributed by atoms with Crippen LogP contribution in [0.5, 0.6) is 0 Å². The van der Waals surface area contributed by atoms with Crippen LogP contribution in [0.2, 0.25) is 0 Å². The highest BCUT2D eigenvalue weighted by atomic mass is 32.2. The molecule has 0 heterocycles. The molecule has 0 aliphatic heterocycles. The Morgan fingerprint density at radius 2 is 1.04 bits per heavy atom. The number of hydrogen-bond donors (Lipinski definition) is 0. The van der Waals surface area contributed by atoms with Crippen LogP contribution in [0.3, 0.4) is 0 Å². The molecule has 3 fully saturated rings. The zero-order valence-electron chi connectivity index (χ0n) is 15.8. The van der Waals surface area contributed by atoms with E-state index >= 15 is 0 Å². The smallest absolute Gasteiger partial charge is 0.0762 e. The first kappa shape index (κ1) is 18.3. The number of hydrogen-bond acceptors (Lipinski definition) is 4. The standard InChI is InChI=1S/C20H30N2S2/c1-11(2)15-16(12(3)4)18(20(24-6)22-14-9-10-14)17(15)19(23-5)21-13-7-8-13/h13-14,17-18H,7-10H2,1-6H3. The van der Waals surface area contributed by atoms with E-state index in [-0.39, 0.29) is 0 Å². The lowest BCUT2D eigenvalue weighted by atomic mass is 9.62. The molecular formula is C20H30N2S2. The fraction of sp³-hybridized carbons (Fsp3) is 0.700. The molecule has 0 N–H and O–H groups in total. The summed E-state index contributed by atoms with van der Waals surface area (Å²) >= 11 is 3.70. The second kappa shape index (κ2) is 7.41. The van der Waals surface area contributed by atoms with Gasteiger partial charge in [0.2, 0.25) is 0 Å². The van der Waals surface area contributed by atoms with E-state index in [0.29, 0.717) is 23.9 Å². The largest absolute Gasteiger partial charge is 0.279 e. The molecule has 0 aromatic carbocycles. The zero-order valence-corrected chi connectivity index (χ0v) is 17.5. The van der Waals surface area contributed by atoms with Crippen molar-refractivity contribution in [1.29, 1.82) is 0 Å². The number of allylic oxidation sites excluding steroid dienone is 4. The Morgan fingerprint density at radius 3 is 1.25 bits per heavy atom. The summed E-state index contributed by atoms with van der Waals surface area (Å²) in [4.78, 5) is 10.2. The van der Waals surface area contributed by atoms with Gasteiger partial charge in [-0.05, 0) is 77.0 Å². The van der Waals surface area contributed by atoms with Gasteiger partial charge in [0.25, 0.3) is 0 Å². The summed E-state index contributed by atoms with van der Waals surface area (Å²) in [5.74, 6) is 0.862. The molecule has 2 unspecified atom stereocenters. The lowest BCUT2D eigenvalue weighted by Gasteiger charge is -2.45. The van der Waals surface area contributed by atoms with Crippen molar-refractivity contribution in [3.05, 3.63) is 22.3 Å². The molecule has 3 saturated carbocycles.